The molecule has 0 aromatic heterocycles. The van der Waals surface area contributed by atoms with Gasteiger partial charge in [-0.15, -0.1) is 0 Å². The second-order valence-electron chi connectivity index (χ2n) is 3.58. The first-order valence-electron chi connectivity index (χ1n) is 5.13. The predicted octanol–water partition coefficient (Wildman–Crippen LogP) is 1.94. The number of ketones is 1. The van der Waals surface area contributed by atoms with Crippen LogP contribution in [0.15, 0.2) is 24.3 Å². The molecule has 1 rings (SSSR count). The third kappa shape index (κ3) is 5.27. The lowest BCUT2D eigenvalue weighted by Gasteiger charge is -2.03. The maximum absolute atomic E-state index is 12.6. The predicted molar refractivity (Wildman–Crippen MR) is 58.3 cm³/mol. The fourth-order valence-corrected chi connectivity index (χ4v) is 1.27. The van der Waals surface area contributed by atoms with Gasteiger partial charge in [0, 0.05) is 13.0 Å². The summed E-state index contributed by atoms with van der Waals surface area (Å²) >= 11 is 0. The number of Topliss-reactive ketones (excluding diaryl/α,β-unsaturated/α-hetero) is 1. The molecule has 0 aliphatic heterocycles. The molecule has 0 heterocycles. The number of hydrogen-bond donors (Lipinski definition) is 1. The standard InChI is InChI=1S/C12H16FNO/c1-10(15)6-8-14-9-7-11-2-4-12(13)5-3-11/h2-5,14H,6-9H2,1H3. The zero-order chi connectivity index (χ0) is 11.1. The summed E-state index contributed by atoms with van der Waals surface area (Å²) in [6.07, 6.45) is 1.43. The number of hydrogen-bond acceptors (Lipinski definition) is 2. The van der Waals surface area contributed by atoms with Gasteiger partial charge in [-0.25, -0.2) is 4.39 Å². The molecule has 1 aromatic rings. The van der Waals surface area contributed by atoms with Crippen molar-refractivity contribution in [2.24, 2.45) is 0 Å². The maximum Gasteiger partial charge on any atom is 0.131 e. The van der Waals surface area contributed by atoms with Crippen LogP contribution in [0, 0.1) is 5.82 Å². The number of carbonyl (C=O) groups excluding carboxylic acids is 1. The van der Waals surface area contributed by atoms with Crippen LogP contribution in [0.5, 0.6) is 0 Å². The van der Waals surface area contributed by atoms with E-state index in [4.69, 9.17) is 0 Å². The van der Waals surface area contributed by atoms with E-state index in [1.165, 1.54) is 12.1 Å². The van der Waals surface area contributed by atoms with Crippen LogP contribution in [0.4, 0.5) is 4.39 Å². The van der Waals surface area contributed by atoms with Gasteiger partial charge in [0.25, 0.3) is 0 Å². The highest BCUT2D eigenvalue weighted by molar-refractivity contribution is 5.75. The Morgan fingerprint density at radius 1 is 1.27 bits per heavy atom. The molecule has 0 spiro atoms. The Hall–Kier alpha value is -1.22. The van der Waals surface area contributed by atoms with Gasteiger partial charge in [-0.05, 0) is 37.6 Å². The minimum Gasteiger partial charge on any atom is -0.316 e. The lowest BCUT2D eigenvalue weighted by molar-refractivity contribution is -0.116. The number of halogens is 1. The summed E-state index contributed by atoms with van der Waals surface area (Å²) in [7, 11) is 0. The Kier molecular flexibility index (Phi) is 4.98. The molecule has 15 heavy (non-hydrogen) atoms. The van der Waals surface area contributed by atoms with Gasteiger partial charge < -0.3 is 5.32 Å². The molecule has 0 saturated carbocycles. The molecule has 0 fully saturated rings. The van der Waals surface area contributed by atoms with Crippen molar-refractivity contribution in [3.63, 3.8) is 0 Å². The van der Waals surface area contributed by atoms with Gasteiger partial charge in [-0.3, -0.25) is 4.79 Å². The first kappa shape index (κ1) is 11.9. The Labute approximate surface area is 89.5 Å². The minimum atomic E-state index is -0.205. The van der Waals surface area contributed by atoms with Crippen molar-refractivity contribution in [1.82, 2.24) is 5.32 Å². The van der Waals surface area contributed by atoms with Crippen molar-refractivity contribution in [3.05, 3.63) is 35.6 Å². The van der Waals surface area contributed by atoms with Gasteiger partial charge in [-0.1, -0.05) is 12.1 Å². The SMILES string of the molecule is CC(=O)CCNCCc1ccc(F)cc1. The number of carbonyl (C=O) groups is 1. The van der Waals surface area contributed by atoms with E-state index in [1.54, 1.807) is 19.1 Å². The van der Waals surface area contributed by atoms with E-state index in [1.807, 2.05) is 0 Å². The largest absolute Gasteiger partial charge is 0.316 e. The van der Waals surface area contributed by atoms with E-state index in [-0.39, 0.29) is 11.6 Å². The first-order chi connectivity index (χ1) is 7.18. The fraction of sp³-hybridized carbons (Fsp3) is 0.417. The van der Waals surface area contributed by atoms with Crippen LogP contribution in [0.2, 0.25) is 0 Å². The minimum absolute atomic E-state index is 0.198. The van der Waals surface area contributed by atoms with Crippen LogP contribution < -0.4 is 5.32 Å². The first-order valence-corrected chi connectivity index (χ1v) is 5.13. The normalized spacial score (nSPS) is 10.3. The topological polar surface area (TPSA) is 29.1 Å². The fourth-order valence-electron chi connectivity index (χ4n) is 1.27. The molecular formula is C12H16FNO. The second kappa shape index (κ2) is 6.30. The number of rotatable bonds is 6. The molecule has 2 nitrogen and oxygen atoms in total. The van der Waals surface area contributed by atoms with Gasteiger partial charge in [0.15, 0.2) is 0 Å². The van der Waals surface area contributed by atoms with Crippen molar-refractivity contribution in [1.29, 1.82) is 0 Å². The molecule has 0 unspecified atom stereocenters. The third-order valence-corrected chi connectivity index (χ3v) is 2.16. The molecule has 0 radical (unpaired) electrons. The van der Waals surface area contributed by atoms with E-state index in [9.17, 15) is 9.18 Å². The summed E-state index contributed by atoms with van der Waals surface area (Å²) in [5.74, 6) is -0.00688. The van der Waals surface area contributed by atoms with Crippen LogP contribution in [0.25, 0.3) is 0 Å². The maximum atomic E-state index is 12.6. The summed E-state index contributed by atoms with van der Waals surface area (Å²) in [4.78, 5) is 10.6. The van der Waals surface area contributed by atoms with Crippen LogP contribution >= 0.6 is 0 Å². The average Bonchev–Trinajstić information content (AvgIpc) is 2.20. The van der Waals surface area contributed by atoms with Crippen LogP contribution in [-0.4, -0.2) is 18.9 Å². The number of nitrogens with one attached hydrogen (secondary N) is 1. The van der Waals surface area contributed by atoms with E-state index >= 15 is 0 Å². The molecule has 0 saturated heterocycles. The number of benzene rings is 1. The summed E-state index contributed by atoms with van der Waals surface area (Å²) in [6, 6.07) is 6.49. The Balaban J connectivity index is 2.15. The monoisotopic (exact) mass is 209 g/mol. The van der Waals surface area contributed by atoms with E-state index in [2.05, 4.69) is 5.32 Å². The van der Waals surface area contributed by atoms with Crippen molar-refractivity contribution >= 4 is 5.78 Å². The average molecular weight is 209 g/mol. The highest BCUT2D eigenvalue weighted by Crippen LogP contribution is 2.02. The van der Waals surface area contributed by atoms with Gasteiger partial charge in [0.05, 0.1) is 0 Å². The zero-order valence-corrected chi connectivity index (χ0v) is 8.92. The van der Waals surface area contributed by atoms with Gasteiger partial charge in [0.1, 0.15) is 11.6 Å². The Bertz CT molecular complexity index is 308. The lowest BCUT2D eigenvalue weighted by atomic mass is 10.1. The summed E-state index contributed by atoms with van der Waals surface area (Å²) in [5, 5.41) is 3.17. The molecule has 0 bridgehead atoms. The Morgan fingerprint density at radius 3 is 2.53 bits per heavy atom. The zero-order valence-electron chi connectivity index (χ0n) is 8.92. The molecule has 0 aliphatic rings. The smallest absolute Gasteiger partial charge is 0.131 e. The lowest BCUT2D eigenvalue weighted by Crippen LogP contribution is -2.20. The highest BCUT2D eigenvalue weighted by atomic mass is 19.1. The van der Waals surface area contributed by atoms with Gasteiger partial charge in [-0.2, -0.15) is 0 Å². The van der Waals surface area contributed by atoms with Crippen molar-refractivity contribution in [2.75, 3.05) is 13.1 Å². The quantitative estimate of drug-likeness (QED) is 0.725. The molecule has 1 N–H and O–H groups in total. The highest BCUT2D eigenvalue weighted by Gasteiger charge is 1.95. The van der Waals surface area contributed by atoms with Crippen molar-refractivity contribution < 1.29 is 9.18 Å². The van der Waals surface area contributed by atoms with Gasteiger partial charge >= 0.3 is 0 Å². The molecule has 0 amide bonds. The summed E-state index contributed by atoms with van der Waals surface area (Å²) in [6.45, 7) is 3.12. The molecule has 82 valence electrons. The van der Waals surface area contributed by atoms with Crippen LogP contribution in [0.1, 0.15) is 18.9 Å². The van der Waals surface area contributed by atoms with Crippen molar-refractivity contribution in [3.8, 4) is 0 Å². The molecule has 0 aliphatic carbocycles. The summed E-state index contributed by atoms with van der Waals surface area (Å²) < 4.78 is 12.6. The van der Waals surface area contributed by atoms with E-state index < -0.39 is 0 Å². The Morgan fingerprint density at radius 2 is 1.93 bits per heavy atom. The molecule has 0 atom stereocenters. The third-order valence-electron chi connectivity index (χ3n) is 2.16. The van der Waals surface area contributed by atoms with Gasteiger partial charge in [0.2, 0.25) is 0 Å². The van der Waals surface area contributed by atoms with Crippen molar-refractivity contribution in [2.45, 2.75) is 19.8 Å². The second-order valence-corrected chi connectivity index (χ2v) is 3.58. The molecule has 1 aromatic carbocycles. The van der Waals surface area contributed by atoms with E-state index in [0.29, 0.717) is 6.42 Å². The molecular weight excluding hydrogens is 193 g/mol. The molecule has 3 heteroatoms. The van der Waals surface area contributed by atoms with Crippen LogP contribution in [0.3, 0.4) is 0 Å². The van der Waals surface area contributed by atoms with E-state index in [0.717, 1.165) is 25.1 Å². The van der Waals surface area contributed by atoms with Crippen LogP contribution in [-0.2, 0) is 11.2 Å². The summed E-state index contributed by atoms with van der Waals surface area (Å²) in [5.41, 5.74) is 1.10.